The van der Waals surface area contributed by atoms with Crippen LogP contribution in [-0.2, 0) is 52.6 Å². The van der Waals surface area contributed by atoms with Gasteiger partial charge in [-0.05, 0) is 12.8 Å². The zero-order chi connectivity index (χ0) is 74.4. The second kappa shape index (κ2) is 49.0. The minimum Gasteiger partial charge on any atom is -0.480 e. The third-order valence-corrected chi connectivity index (χ3v) is 15.0. The summed E-state index contributed by atoms with van der Waals surface area (Å²) in [6.45, 7) is -14.8. The molecular weight excluding hydrogens is 1350 g/mol. The van der Waals surface area contributed by atoms with E-state index in [2.05, 4.69) is 21.6 Å². The van der Waals surface area contributed by atoms with E-state index in [-0.39, 0.29) is 13.1 Å². The first kappa shape index (κ1) is 92.3. The van der Waals surface area contributed by atoms with E-state index >= 15 is 0 Å². The summed E-state index contributed by atoms with van der Waals surface area (Å²) in [6.07, 6.45) is -36.6. The van der Waals surface area contributed by atoms with Gasteiger partial charge >= 0.3 is 31.5 Å². The van der Waals surface area contributed by atoms with Crippen molar-refractivity contribution < 1.29 is 185 Å². The van der Waals surface area contributed by atoms with Crippen molar-refractivity contribution in [3.05, 3.63) is 0 Å². The van der Waals surface area contributed by atoms with Gasteiger partial charge in [0.25, 0.3) is 11.8 Å². The number of nitrogens with zero attached hydrogens (tertiary/aromatic N) is 5. The Bertz CT molecular complexity index is 2280. The smallest absolute Gasteiger partial charge is 0.339 e. The number of aliphatic hydroxyl groups excluding tert-OH is 20. The largest absolute Gasteiger partial charge is 0.480 e. The second-order valence-corrected chi connectivity index (χ2v) is 23.4. The molecule has 0 saturated carbocycles. The number of amides is 3. The number of hydrogen-bond donors (Lipinski definition) is 30. The molecule has 0 aromatic rings. The van der Waals surface area contributed by atoms with Crippen molar-refractivity contribution in [3.63, 3.8) is 0 Å². The molecule has 0 spiro atoms. The third-order valence-electron chi connectivity index (χ3n) is 14.2. The van der Waals surface area contributed by atoms with E-state index in [0.717, 1.165) is 19.8 Å². The molecule has 0 aromatic heterocycles. The maximum absolute atomic E-state index is 14.0. The highest BCUT2D eigenvalue weighted by molar-refractivity contribution is 7.51. The molecule has 0 aliphatic heterocycles. The molecule has 0 radical (unpaired) electrons. The SMILES string of the molecule is O=C(O)CN(CCN(CCN(CC(=O)O)[C@@H](CC(=O)N(CCNOCC(O)C(O)C(O)C(O)CO)CCNOCC(O)C(O)C(O)C(O)CO)C(=O)O)CP(=O)(O)O)C(CCON(CCNC(=O)C(O)C(O)C(O)C(O)CO)CCNC(=O)C(O)C(O)C(O)C(O)CCO)C(=O)O. The van der Waals surface area contributed by atoms with Gasteiger partial charge in [0.15, 0.2) is 12.2 Å². The van der Waals surface area contributed by atoms with Gasteiger partial charge in [0, 0.05) is 85.1 Å². The number of carboxylic acids is 4. The van der Waals surface area contributed by atoms with Gasteiger partial charge in [0.05, 0.1) is 65.3 Å². The Morgan fingerprint density at radius 1 is 0.433 bits per heavy atom. The molecule has 0 aliphatic rings. The molecule has 3 amide bonds. The average molecular weight is 1450 g/mol. The molecule has 0 aliphatic carbocycles. The molecular formula is C50H98N9O37P. The molecule has 30 N–H and O–H groups in total. The summed E-state index contributed by atoms with van der Waals surface area (Å²) in [7, 11) is -5.17. The van der Waals surface area contributed by atoms with E-state index < -0.39 is 309 Å². The van der Waals surface area contributed by atoms with E-state index in [1.165, 1.54) is 0 Å². The number of aliphatic carboxylic acids is 4. The Morgan fingerprint density at radius 3 is 1.16 bits per heavy atom. The fourth-order valence-corrected chi connectivity index (χ4v) is 9.40. The number of carbonyl (C=O) groups excluding carboxylic acids is 3. The van der Waals surface area contributed by atoms with Crippen LogP contribution in [0.2, 0.25) is 0 Å². The molecule has 570 valence electrons. The number of nitrogens with one attached hydrogen (secondary N) is 4. The number of rotatable bonds is 59. The van der Waals surface area contributed by atoms with Gasteiger partial charge in [-0.1, -0.05) is 0 Å². The van der Waals surface area contributed by atoms with E-state index in [9.17, 15) is 150 Å². The Morgan fingerprint density at radius 2 is 0.804 bits per heavy atom. The van der Waals surface area contributed by atoms with Crippen LogP contribution in [0.4, 0.5) is 0 Å². The Kier molecular flexibility index (Phi) is 46.6. The van der Waals surface area contributed by atoms with Gasteiger partial charge in [-0.15, -0.1) is 0 Å². The Labute approximate surface area is 552 Å². The lowest BCUT2D eigenvalue weighted by molar-refractivity contribution is -0.169. The molecule has 97 heavy (non-hydrogen) atoms. The average Bonchev–Trinajstić information content (AvgIpc) is 0.932. The van der Waals surface area contributed by atoms with Gasteiger partial charge < -0.3 is 148 Å². The molecule has 18 atom stereocenters. The molecule has 46 nitrogen and oxygen atoms in total. The molecule has 17 unspecified atom stereocenters. The van der Waals surface area contributed by atoms with Crippen molar-refractivity contribution in [2.24, 2.45) is 0 Å². The number of aliphatic hydroxyl groups is 20. The van der Waals surface area contributed by atoms with Crippen LogP contribution in [-0.4, -0.2) is 453 Å². The highest BCUT2D eigenvalue weighted by atomic mass is 31.2. The lowest BCUT2D eigenvalue weighted by atomic mass is 10.0. The molecule has 0 aromatic carbocycles. The van der Waals surface area contributed by atoms with Crippen molar-refractivity contribution in [1.29, 1.82) is 0 Å². The second-order valence-electron chi connectivity index (χ2n) is 21.8. The highest BCUT2D eigenvalue weighted by Gasteiger charge is 2.38. The predicted octanol–water partition coefficient (Wildman–Crippen LogP) is -17.6. The van der Waals surface area contributed by atoms with Crippen LogP contribution in [0, 0.1) is 0 Å². The first-order chi connectivity index (χ1) is 45.3. The standard InChI is InChI=1S/C50H98N9O37P/c60-15-1-28(64)37(75)43(81)45(83)47(85)51-3-9-59(10-4-52-48(86)46(84)44(82)40(78)31(67)22-63)96-16-2-26(49(87)88)57(18-35(71)72)13-11-55(25-97(91,92)93)12-14-58(19-36(73)74)27(50(89)90)17-34(70)56(7-5-53-94-23-32(68)41(79)38(76)29(65)20-61)8-6-54-95-24-33(69)42(80)39(77)30(66)21-62/h26-33,37-46,53-54,60-69,75-84H,1-25H2,(H,51,85)(H,52,86)(H,71,72)(H,73,74)(H,87,88)(H,89,90)(H2,91,92,93)/t26?,27-,28?,29?,30?,31?,32?,33?,37?,38?,39?,40?,41?,42?,43?,44?,45?,46?/m0/s1. The molecule has 0 fully saturated rings. The summed E-state index contributed by atoms with van der Waals surface area (Å²) < 4.78 is 12.5. The van der Waals surface area contributed by atoms with Crippen molar-refractivity contribution in [1.82, 2.24) is 46.3 Å². The maximum Gasteiger partial charge on any atom is 0.339 e. The molecule has 0 heterocycles. The van der Waals surface area contributed by atoms with Crippen molar-refractivity contribution in [2.75, 3.05) is 144 Å². The van der Waals surface area contributed by atoms with Crippen molar-refractivity contribution in [2.45, 2.75) is 129 Å². The molecule has 0 rings (SSSR count). The van der Waals surface area contributed by atoms with Crippen LogP contribution in [0.3, 0.4) is 0 Å². The summed E-state index contributed by atoms with van der Waals surface area (Å²) in [6, 6.07) is -3.95. The number of hydroxylamine groups is 4. The van der Waals surface area contributed by atoms with E-state index in [4.69, 9.17) is 34.9 Å². The molecule has 47 heteroatoms. The lowest BCUT2D eigenvalue weighted by Crippen LogP contribution is -2.53. The molecule has 0 bridgehead atoms. The van der Waals surface area contributed by atoms with E-state index in [1.54, 1.807) is 0 Å². The van der Waals surface area contributed by atoms with Crippen LogP contribution < -0.4 is 21.6 Å². The minimum atomic E-state index is -5.17. The first-order valence-electron chi connectivity index (χ1n) is 29.7. The summed E-state index contributed by atoms with van der Waals surface area (Å²) in [4.78, 5) is 129. The van der Waals surface area contributed by atoms with Gasteiger partial charge in [0.2, 0.25) is 5.91 Å². The number of carbonyl (C=O) groups is 7. The van der Waals surface area contributed by atoms with Gasteiger partial charge in [0.1, 0.15) is 97.7 Å². The highest BCUT2D eigenvalue weighted by Crippen LogP contribution is 2.35. The third kappa shape index (κ3) is 36.5. The first-order valence-corrected chi connectivity index (χ1v) is 31.5. The van der Waals surface area contributed by atoms with Crippen LogP contribution in [0.1, 0.15) is 19.3 Å². The van der Waals surface area contributed by atoms with E-state index in [1.807, 2.05) is 0 Å². The van der Waals surface area contributed by atoms with Crippen LogP contribution in [0.5, 0.6) is 0 Å². The Hall–Kier alpha value is -4.72. The zero-order valence-electron chi connectivity index (χ0n) is 52.4. The van der Waals surface area contributed by atoms with Crippen LogP contribution in [0.25, 0.3) is 0 Å². The molecule has 0 saturated heterocycles. The van der Waals surface area contributed by atoms with E-state index in [0.29, 0.717) is 4.90 Å². The number of carboxylic acid groups (broad SMARTS) is 4. The predicted molar refractivity (Wildman–Crippen MR) is 316 cm³/mol. The summed E-state index contributed by atoms with van der Waals surface area (Å²) >= 11 is 0. The quantitative estimate of drug-likeness (QED) is 0.0153. The zero-order valence-corrected chi connectivity index (χ0v) is 53.3. The minimum absolute atomic E-state index is 0.388. The van der Waals surface area contributed by atoms with Crippen molar-refractivity contribution >= 4 is 49.2 Å². The number of hydrogen-bond acceptors (Lipinski definition) is 37. The van der Waals surface area contributed by atoms with Gasteiger partial charge in [-0.3, -0.25) is 67.3 Å². The monoisotopic (exact) mass is 1450 g/mol. The fraction of sp³-hybridized carbons (Fsp3) is 0.860. The van der Waals surface area contributed by atoms with Crippen molar-refractivity contribution in [3.8, 4) is 0 Å². The normalized spacial score (nSPS) is 17.9. The van der Waals surface area contributed by atoms with Gasteiger partial charge in [-0.2, -0.15) is 5.06 Å². The topological polar surface area (TPSA) is 755 Å². The summed E-state index contributed by atoms with van der Waals surface area (Å²) in [5.74, 6) is -10.7. The fourth-order valence-electron chi connectivity index (χ4n) is 8.60. The van der Waals surface area contributed by atoms with Crippen LogP contribution in [0.15, 0.2) is 0 Å². The van der Waals surface area contributed by atoms with Crippen LogP contribution >= 0.6 is 7.60 Å². The lowest BCUT2D eigenvalue weighted by Gasteiger charge is -2.33. The maximum atomic E-state index is 14.0. The van der Waals surface area contributed by atoms with Gasteiger partial charge in [-0.25, -0.2) is 11.0 Å². The summed E-state index contributed by atoms with van der Waals surface area (Å²) in [5.41, 5.74) is 4.61. The Balaban J connectivity index is 6.77. The summed E-state index contributed by atoms with van der Waals surface area (Å²) in [5, 5.41) is 242.